The molecule has 0 aliphatic carbocycles. The summed E-state index contributed by atoms with van der Waals surface area (Å²) in [5.74, 6) is -0.874. The molecule has 2 aromatic rings. The Hall–Kier alpha value is -3.20. The van der Waals surface area contributed by atoms with E-state index < -0.39 is 41.1 Å². The number of nitrogens with zero attached hydrogens (tertiary/aromatic N) is 1. The number of thiol groups is 1. The molecule has 0 bridgehead atoms. The SMILES string of the molecule is CCC(C)(C)N(C(=O)C(CS)NC(=O)OC(C)(C)C)C(C(=O)Nc1ccccc1C)c1ccc(O)cc1. The molecule has 202 valence electrons. The smallest absolute Gasteiger partial charge is 0.408 e. The maximum Gasteiger partial charge on any atom is 0.408 e. The minimum absolute atomic E-state index is 0.00389. The predicted molar refractivity (Wildman–Crippen MR) is 149 cm³/mol. The van der Waals surface area contributed by atoms with E-state index >= 15 is 0 Å². The zero-order valence-electron chi connectivity index (χ0n) is 22.7. The average molecular weight is 530 g/mol. The number of aryl methyl sites for hydroxylation is 1. The van der Waals surface area contributed by atoms with Crippen molar-refractivity contribution in [2.75, 3.05) is 11.1 Å². The lowest BCUT2D eigenvalue weighted by Crippen LogP contribution is -2.59. The van der Waals surface area contributed by atoms with E-state index in [9.17, 15) is 19.5 Å². The van der Waals surface area contributed by atoms with Gasteiger partial charge in [-0.15, -0.1) is 0 Å². The monoisotopic (exact) mass is 529 g/mol. The number of carbonyl (C=O) groups excluding carboxylic acids is 3. The fourth-order valence-electron chi connectivity index (χ4n) is 3.74. The second-order valence-corrected chi connectivity index (χ2v) is 10.9. The Morgan fingerprint density at radius 3 is 2.14 bits per heavy atom. The minimum atomic E-state index is -1.06. The molecule has 2 atom stereocenters. The molecule has 8 nitrogen and oxygen atoms in total. The third-order valence-corrected chi connectivity index (χ3v) is 6.41. The topological polar surface area (TPSA) is 108 Å². The first kappa shape index (κ1) is 30.0. The van der Waals surface area contributed by atoms with Gasteiger partial charge in [-0.1, -0.05) is 37.3 Å². The number of amides is 3. The molecule has 37 heavy (non-hydrogen) atoms. The van der Waals surface area contributed by atoms with Crippen LogP contribution in [0.4, 0.5) is 10.5 Å². The van der Waals surface area contributed by atoms with Gasteiger partial charge in [-0.3, -0.25) is 9.59 Å². The van der Waals surface area contributed by atoms with Gasteiger partial charge >= 0.3 is 6.09 Å². The number of rotatable bonds is 9. The van der Waals surface area contributed by atoms with Crippen LogP contribution < -0.4 is 10.6 Å². The zero-order chi connectivity index (χ0) is 28.0. The van der Waals surface area contributed by atoms with E-state index in [4.69, 9.17) is 4.74 Å². The zero-order valence-corrected chi connectivity index (χ0v) is 23.6. The molecular formula is C28H39N3O5S. The number of aromatic hydroxyl groups is 1. The summed E-state index contributed by atoms with van der Waals surface area (Å²) in [6.07, 6.45) is -0.226. The summed E-state index contributed by atoms with van der Waals surface area (Å²) >= 11 is 4.32. The van der Waals surface area contributed by atoms with E-state index in [0.717, 1.165) is 5.56 Å². The van der Waals surface area contributed by atoms with Crippen molar-refractivity contribution in [2.24, 2.45) is 0 Å². The first-order valence-electron chi connectivity index (χ1n) is 12.3. The highest BCUT2D eigenvalue weighted by Crippen LogP contribution is 2.34. The molecule has 0 aliphatic heterocycles. The molecule has 0 aliphatic rings. The van der Waals surface area contributed by atoms with Crippen LogP contribution in [-0.4, -0.2) is 50.8 Å². The van der Waals surface area contributed by atoms with E-state index in [-0.39, 0.29) is 11.5 Å². The van der Waals surface area contributed by atoms with Gasteiger partial charge in [-0.25, -0.2) is 4.79 Å². The molecule has 2 unspecified atom stereocenters. The highest BCUT2D eigenvalue weighted by atomic mass is 32.1. The van der Waals surface area contributed by atoms with E-state index in [0.29, 0.717) is 17.7 Å². The van der Waals surface area contributed by atoms with Crippen LogP contribution in [0.1, 0.15) is 65.1 Å². The minimum Gasteiger partial charge on any atom is -0.508 e. The van der Waals surface area contributed by atoms with E-state index in [1.54, 1.807) is 39.0 Å². The van der Waals surface area contributed by atoms with Gasteiger partial charge in [0.1, 0.15) is 23.4 Å². The fourth-order valence-corrected chi connectivity index (χ4v) is 3.98. The number of alkyl carbamates (subject to hydrolysis) is 1. The number of para-hydroxylation sites is 1. The summed E-state index contributed by atoms with van der Waals surface area (Å²) in [6, 6.07) is 11.4. The lowest BCUT2D eigenvalue weighted by Gasteiger charge is -2.44. The number of hydrogen-bond donors (Lipinski definition) is 4. The van der Waals surface area contributed by atoms with Gasteiger partial charge in [-0.05, 0) is 77.3 Å². The number of ether oxygens (including phenoxy) is 1. The molecule has 0 heterocycles. The molecule has 0 saturated carbocycles. The lowest BCUT2D eigenvalue weighted by atomic mass is 9.92. The summed E-state index contributed by atoms with van der Waals surface area (Å²) in [7, 11) is 0. The molecular weight excluding hydrogens is 490 g/mol. The number of phenols is 1. The lowest BCUT2D eigenvalue weighted by molar-refractivity contribution is -0.147. The molecule has 3 N–H and O–H groups in total. The van der Waals surface area contributed by atoms with Gasteiger partial charge in [0.05, 0.1) is 0 Å². The van der Waals surface area contributed by atoms with Crippen LogP contribution in [0.15, 0.2) is 48.5 Å². The summed E-state index contributed by atoms with van der Waals surface area (Å²) in [4.78, 5) is 42.0. The van der Waals surface area contributed by atoms with Crippen molar-refractivity contribution in [3.8, 4) is 5.75 Å². The summed E-state index contributed by atoms with van der Waals surface area (Å²) in [6.45, 7) is 12.7. The van der Waals surface area contributed by atoms with Crippen molar-refractivity contribution in [2.45, 2.75) is 78.1 Å². The van der Waals surface area contributed by atoms with Crippen LogP contribution in [0.3, 0.4) is 0 Å². The molecule has 2 aromatic carbocycles. The first-order chi connectivity index (χ1) is 17.2. The molecule has 3 amide bonds. The number of anilines is 1. The predicted octanol–water partition coefficient (Wildman–Crippen LogP) is 5.22. The van der Waals surface area contributed by atoms with Crippen molar-refractivity contribution in [1.29, 1.82) is 0 Å². The normalized spacial score (nSPS) is 13.3. The number of carbonyl (C=O) groups is 3. The molecule has 0 aromatic heterocycles. The van der Waals surface area contributed by atoms with Crippen LogP contribution in [0.2, 0.25) is 0 Å². The van der Waals surface area contributed by atoms with Crippen LogP contribution in [0.5, 0.6) is 5.75 Å². The average Bonchev–Trinajstić information content (AvgIpc) is 2.81. The standard InChI is InChI=1S/C28H39N3O5S/c1-8-28(6,7)31(25(34)22(17-37)30-26(35)36-27(3,4)5)23(19-13-15-20(32)16-14-19)24(33)29-21-12-10-9-11-18(21)2/h9-16,22-23,32,37H,8,17H2,1-7H3,(H,29,33)(H,30,35). The van der Waals surface area contributed by atoms with Crippen molar-refractivity contribution >= 4 is 36.2 Å². The number of benzene rings is 2. The van der Waals surface area contributed by atoms with Gasteiger partial charge in [0, 0.05) is 17.0 Å². The van der Waals surface area contributed by atoms with Crippen LogP contribution in [0.25, 0.3) is 0 Å². The largest absolute Gasteiger partial charge is 0.508 e. The summed E-state index contributed by atoms with van der Waals surface area (Å²) in [5.41, 5.74) is 0.454. The van der Waals surface area contributed by atoms with Crippen molar-refractivity contribution in [3.63, 3.8) is 0 Å². The van der Waals surface area contributed by atoms with Crippen LogP contribution >= 0.6 is 12.6 Å². The fraction of sp³-hybridized carbons (Fsp3) is 0.464. The third kappa shape index (κ3) is 8.15. The Balaban J connectivity index is 2.57. The van der Waals surface area contributed by atoms with E-state index in [1.807, 2.05) is 45.9 Å². The Morgan fingerprint density at radius 2 is 1.62 bits per heavy atom. The maximum atomic E-state index is 14.1. The number of hydrogen-bond acceptors (Lipinski definition) is 6. The number of nitrogens with one attached hydrogen (secondary N) is 2. The Labute approximate surface area is 225 Å². The Morgan fingerprint density at radius 1 is 1.03 bits per heavy atom. The molecule has 0 fully saturated rings. The molecule has 0 spiro atoms. The van der Waals surface area contributed by atoms with E-state index in [1.165, 1.54) is 17.0 Å². The van der Waals surface area contributed by atoms with Gasteiger partial charge in [0.15, 0.2) is 0 Å². The number of phenolic OH excluding ortho intramolecular Hbond substituents is 1. The van der Waals surface area contributed by atoms with Gasteiger partial charge in [0.25, 0.3) is 5.91 Å². The molecule has 2 rings (SSSR count). The van der Waals surface area contributed by atoms with Crippen LogP contribution in [-0.2, 0) is 14.3 Å². The highest BCUT2D eigenvalue weighted by Gasteiger charge is 2.43. The molecule has 9 heteroatoms. The van der Waals surface area contributed by atoms with Crippen molar-refractivity contribution in [3.05, 3.63) is 59.7 Å². The maximum absolute atomic E-state index is 14.1. The van der Waals surface area contributed by atoms with Gasteiger partial charge < -0.3 is 25.4 Å². The molecule has 0 saturated heterocycles. The Kier molecular flexibility index (Phi) is 10.0. The third-order valence-electron chi connectivity index (χ3n) is 6.04. The van der Waals surface area contributed by atoms with E-state index in [2.05, 4.69) is 23.3 Å². The highest BCUT2D eigenvalue weighted by molar-refractivity contribution is 7.80. The first-order valence-corrected chi connectivity index (χ1v) is 12.9. The van der Waals surface area contributed by atoms with Crippen molar-refractivity contribution < 1.29 is 24.2 Å². The van der Waals surface area contributed by atoms with Crippen LogP contribution in [0, 0.1) is 6.92 Å². The quantitative estimate of drug-likeness (QED) is 0.333. The van der Waals surface area contributed by atoms with Gasteiger partial charge in [-0.2, -0.15) is 12.6 Å². The second-order valence-electron chi connectivity index (χ2n) is 10.6. The second kappa shape index (κ2) is 12.4. The van der Waals surface area contributed by atoms with Gasteiger partial charge in [0.2, 0.25) is 5.91 Å². The summed E-state index contributed by atoms with van der Waals surface area (Å²) < 4.78 is 5.35. The van der Waals surface area contributed by atoms with Crippen molar-refractivity contribution in [1.82, 2.24) is 10.2 Å². The molecule has 0 radical (unpaired) electrons. The Bertz CT molecular complexity index is 1100. The summed E-state index contributed by atoms with van der Waals surface area (Å²) in [5, 5.41) is 15.4.